The summed E-state index contributed by atoms with van der Waals surface area (Å²) in [6.45, 7) is 2.49. The van der Waals surface area contributed by atoms with Gasteiger partial charge < -0.3 is 9.47 Å². The molecule has 0 aromatic heterocycles. The standard InChI is InChI=1S/C13H16F4O4/c1-3-11(2,14)9(18)20-7-4-5-12(13(15,16)17)6-8(7)21-10(12)19/h7-8H,3-6H2,1-2H3. The summed E-state index contributed by atoms with van der Waals surface area (Å²) < 4.78 is 62.5. The molecule has 0 radical (unpaired) electrons. The van der Waals surface area contributed by atoms with Crippen LogP contribution in [0.25, 0.3) is 0 Å². The molecule has 0 aromatic rings. The van der Waals surface area contributed by atoms with Crippen LogP contribution in [0.5, 0.6) is 0 Å². The molecule has 2 aliphatic rings. The van der Waals surface area contributed by atoms with Gasteiger partial charge in [0.1, 0.15) is 12.2 Å². The number of halogens is 4. The smallest absolute Gasteiger partial charge is 0.405 e. The highest BCUT2D eigenvalue weighted by Crippen LogP contribution is 2.55. The summed E-state index contributed by atoms with van der Waals surface area (Å²) >= 11 is 0. The van der Waals surface area contributed by atoms with Gasteiger partial charge in [0.15, 0.2) is 5.41 Å². The first-order valence-electron chi connectivity index (χ1n) is 6.71. The van der Waals surface area contributed by atoms with Gasteiger partial charge in [-0.2, -0.15) is 13.2 Å². The number of fused-ring (bicyclic) bond motifs is 2. The first kappa shape index (κ1) is 16.0. The Morgan fingerprint density at radius 1 is 1.43 bits per heavy atom. The number of hydrogen-bond donors (Lipinski definition) is 0. The Morgan fingerprint density at radius 2 is 2.05 bits per heavy atom. The van der Waals surface area contributed by atoms with Gasteiger partial charge in [-0.3, -0.25) is 4.79 Å². The van der Waals surface area contributed by atoms with Gasteiger partial charge >= 0.3 is 18.1 Å². The molecule has 2 bridgehead atoms. The Bertz CT molecular complexity index is 460. The van der Waals surface area contributed by atoms with Gasteiger partial charge in [0, 0.05) is 6.42 Å². The van der Waals surface area contributed by atoms with Gasteiger partial charge in [0.05, 0.1) is 0 Å². The Kier molecular flexibility index (Phi) is 3.70. The fraction of sp³-hybridized carbons (Fsp3) is 0.846. The second-order valence-electron chi connectivity index (χ2n) is 5.76. The van der Waals surface area contributed by atoms with Crippen LogP contribution >= 0.6 is 0 Å². The lowest BCUT2D eigenvalue weighted by Gasteiger charge is -2.34. The van der Waals surface area contributed by atoms with E-state index in [1.54, 1.807) is 0 Å². The highest BCUT2D eigenvalue weighted by atomic mass is 19.4. The lowest BCUT2D eigenvalue weighted by atomic mass is 9.73. The van der Waals surface area contributed by atoms with E-state index in [-0.39, 0.29) is 12.8 Å². The van der Waals surface area contributed by atoms with Crippen molar-refractivity contribution in [1.82, 2.24) is 0 Å². The number of hydrogen-bond acceptors (Lipinski definition) is 4. The van der Waals surface area contributed by atoms with E-state index >= 15 is 0 Å². The largest absolute Gasteiger partial charge is 0.458 e. The SMILES string of the molecule is CCC(C)(F)C(=O)OC1CCC2(C(F)(F)F)CC1OC2=O. The summed E-state index contributed by atoms with van der Waals surface area (Å²) in [5.41, 5.74) is -4.72. The summed E-state index contributed by atoms with van der Waals surface area (Å²) in [4.78, 5) is 23.2. The lowest BCUT2D eigenvalue weighted by molar-refractivity contribution is -0.227. The quantitative estimate of drug-likeness (QED) is 0.594. The van der Waals surface area contributed by atoms with Crippen LogP contribution < -0.4 is 0 Å². The van der Waals surface area contributed by atoms with Crippen molar-refractivity contribution in [2.45, 2.75) is 63.6 Å². The van der Waals surface area contributed by atoms with Gasteiger partial charge in [-0.05, 0) is 26.2 Å². The van der Waals surface area contributed by atoms with Crippen LogP contribution in [-0.2, 0) is 19.1 Å². The molecule has 21 heavy (non-hydrogen) atoms. The highest BCUT2D eigenvalue weighted by molar-refractivity contribution is 5.81. The molecule has 2 rings (SSSR count). The maximum atomic E-state index is 13.8. The number of ether oxygens (including phenoxy) is 2. The lowest BCUT2D eigenvalue weighted by Crippen LogP contribution is -2.47. The average molecular weight is 312 g/mol. The van der Waals surface area contributed by atoms with Crippen LogP contribution in [0.1, 0.15) is 39.5 Å². The molecular formula is C13H16F4O4. The maximum absolute atomic E-state index is 13.8. The van der Waals surface area contributed by atoms with Crippen molar-refractivity contribution in [3.05, 3.63) is 0 Å². The third-order valence-corrected chi connectivity index (χ3v) is 4.36. The second-order valence-corrected chi connectivity index (χ2v) is 5.76. The van der Waals surface area contributed by atoms with Crippen LogP contribution in [0, 0.1) is 5.41 Å². The molecule has 1 aliphatic heterocycles. The predicted octanol–water partition coefficient (Wildman–Crippen LogP) is 2.69. The van der Waals surface area contributed by atoms with E-state index in [4.69, 9.17) is 9.47 Å². The minimum absolute atomic E-state index is 0.116. The molecule has 4 atom stereocenters. The number of carbonyl (C=O) groups excluding carboxylic acids is 2. The monoisotopic (exact) mass is 312 g/mol. The summed E-state index contributed by atoms with van der Waals surface area (Å²) in [7, 11) is 0. The van der Waals surface area contributed by atoms with E-state index in [1.165, 1.54) is 6.92 Å². The third kappa shape index (κ3) is 2.48. The van der Waals surface area contributed by atoms with E-state index in [9.17, 15) is 27.2 Å². The summed E-state index contributed by atoms with van der Waals surface area (Å²) in [6, 6.07) is 0. The fourth-order valence-corrected chi connectivity index (χ4v) is 2.62. The van der Waals surface area contributed by atoms with Gasteiger partial charge in [0.2, 0.25) is 5.67 Å². The van der Waals surface area contributed by atoms with Crippen molar-refractivity contribution in [2.75, 3.05) is 0 Å². The Morgan fingerprint density at radius 3 is 2.57 bits per heavy atom. The highest BCUT2D eigenvalue weighted by Gasteiger charge is 2.69. The molecule has 1 saturated carbocycles. The summed E-state index contributed by atoms with van der Waals surface area (Å²) in [5.74, 6) is -2.48. The van der Waals surface area contributed by atoms with Crippen molar-refractivity contribution in [3.63, 3.8) is 0 Å². The number of carbonyl (C=O) groups is 2. The van der Waals surface area contributed by atoms with Crippen molar-refractivity contribution < 1.29 is 36.6 Å². The summed E-state index contributed by atoms with van der Waals surface area (Å²) in [5, 5.41) is 0. The molecule has 1 aliphatic carbocycles. The van der Waals surface area contributed by atoms with Gasteiger partial charge in [-0.1, -0.05) is 6.92 Å². The summed E-state index contributed by atoms with van der Waals surface area (Å²) in [6.07, 6.45) is -8.28. The van der Waals surface area contributed by atoms with Crippen LogP contribution in [0.2, 0.25) is 0 Å². The Balaban J connectivity index is 2.10. The normalized spacial score (nSPS) is 35.0. The molecule has 4 nitrogen and oxygen atoms in total. The molecule has 4 unspecified atom stereocenters. The van der Waals surface area contributed by atoms with Crippen LogP contribution in [0.4, 0.5) is 17.6 Å². The van der Waals surface area contributed by atoms with E-state index < -0.39 is 54.2 Å². The predicted molar refractivity (Wildman–Crippen MR) is 61.9 cm³/mol. The van der Waals surface area contributed by atoms with Crippen LogP contribution in [-0.4, -0.2) is 36.0 Å². The Labute approximate surface area is 118 Å². The first-order valence-corrected chi connectivity index (χ1v) is 6.71. The topological polar surface area (TPSA) is 52.6 Å². The molecular weight excluding hydrogens is 296 g/mol. The molecule has 0 aromatic carbocycles. The van der Waals surface area contributed by atoms with Crippen molar-refractivity contribution in [3.8, 4) is 0 Å². The fourth-order valence-electron chi connectivity index (χ4n) is 2.62. The molecule has 2 fully saturated rings. The van der Waals surface area contributed by atoms with E-state index in [0.717, 1.165) is 6.92 Å². The van der Waals surface area contributed by atoms with Crippen LogP contribution in [0.15, 0.2) is 0 Å². The number of alkyl halides is 4. The third-order valence-electron chi connectivity index (χ3n) is 4.36. The molecule has 8 heteroatoms. The molecule has 0 amide bonds. The van der Waals surface area contributed by atoms with E-state index in [0.29, 0.717) is 0 Å². The molecule has 1 heterocycles. The van der Waals surface area contributed by atoms with E-state index in [2.05, 4.69) is 0 Å². The van der Waals surface area contributed by atoms with Crippen molar-refractivity contribution >= 4 is 11.9 Å². The minimum atomic E-state index is -4.70. The van der Waals surface area contributed by atoms with Crippen LogP contribution in [0.3, 0.4) is 0 Å². The van der Waals surface area contributed by atoms with Gasteiger partial charge in [0.25, 0.3) is 0 Å². The molecule has 1 saturated heterocycles. The number of esters is 2. The first-order chi connectivity index (χ1) is 9.53. The number of rotatable bonds is 3. The molecule has 120 valence electrons. The zero-order valence-electron chi connectivity index (χ0n) is 11.6. The molecule has 0 N–H and O–H groups in total. The van der Waals surface area contributed by atoms with Crippen molar-refractivity contribution in [2.24, 2.45) is 5.41 Å². The average Bonchev–Trinajstić information content (AvgIpc) is 2.66. The zero-order valence-corrected chi connectivity index (χ0v) is 11.6. The maximum Gasteiger partial charge on any atom is 0.405 e. The van der Waals surface area contributed by atoms with Gasteiger partial charge in [-0.15, -0.1) is 0 Å². The second kappa shape index (κ2) is 4.84. The Hall–Kier alpha value is -1.34. The zero-order chi connectivity index (χ0) is 16.1. The minimum Gasteiger partial charge on any atom is -0.458 e. The van der Waals surface area contributed by atoms with Gasteiger partial charge in [-0.25, -0.2) is 9.18 Å². The van der Waals surface area contributed by atoms with E-state index in [1.807, 2.05) is 0 Å². The van der Waals surface area contributed by atoms with Crippen molar-refractivity contribution in [1.29, 1.82) is 0 Å². The molecule has 0 spiro atoms.